The van der Waals surface area contributed by atoms with Gasteiger partial charge in [-0.15, -0.1) is 0 Å². The molecule has 0 saturated heterocycles. The Kier molecular flexibility index (Phi) is 9.24. The summed E-state index contributed by atoms with van der Waals surface area (Å²) in [6, 6.07) is 5.00. The van der Waals surface area contributed by atoms with Gasteiger partial charge in [0, 0.05) is 24.6 Å². The van der Waals surface area contributed by atoms with Crippen LogP contribution in [0.2, 0.25) is 0 Å². The minimum atomic E-state index is -1.09. The molecule has 1 aromatic rings. The van der Waals surface area contributed by atoms with Gasteiger partial charge >= 0.3 is 17.9 Å². The van der Waals surface area contributed by atoms with E-state index in [9.17, 15) is 14.4 Å². The number of carboxylic acids is 2. The van der Waals surface area contributed by atoms with Crippen LogP contribution in [-0.2, 0) is 19.1 Å². The summed E-state index contributed by atoms with van der Waals surface area (Å²) in [4.78, 5) is 32.0. The third-order valence-electron chi connectivity index (χ3n) is 3.21. The minimum Gasteiger partial charge on any atom is -0.493 e. The molecule has 0 fully saturated rings. The number of carbonyl (C=O) groups excluding carboxylic acids is 1. The molecule has 2 N–H and O–H groups in total. The molecule has 0 atom stereocenters. The summed E-state index contributed by atoms with van der Waals surface area (Å²) in [7, 11) is 0. The first-order chi connectivity index (χ1) is 12.4. The number of esters is 1. The van der Waals surface area contributed by atoms with Crippen molar-refractivity contribution in [2.75, 3.05) is 13.2 Å². The first kappa shape index (κ1) is 21.0. The van der Waals surface area contributed by atoms with Crippen LogP contribution in [0.4, 0.5) is 0 Å². The predicted molar refractivity (Wildman–Crippen MR) is 95.8 cm³/mol. The number of unbranched alkanes of at least 4 members (excludes halogenated alkanes) is 2. The highest BCUT2D eigenvalue weighted by Crippen LogP contribution is 2.23. The fourth-order valence-corrected chi connectivity index (χ4v) is 2.04. The second-order valence-electron chi connectivity index (χ2n) is 5.39. The smallest absolute Gasteiger partial charge is 0.328 e. The Morgan fingerprint density at radius 2 is 1.62 bits per heavy atom. The number of ether oxygens (including phenoxy) is 2. The van der Waals surface area contributed by atoms with Gasteiger partial charge in [-0.3, -0.25) is 4.79 Å². The lowest BCUT2D eigenvalue weighted by Gasteiger charge is -2.10. The van der Waals surface area contributed by atoms with E-state index in [2.05, 4.69) is 0 Å². The molecular formula is C19H22O7. The zero-order valence-corrected chi connectivity index (χ0v) is 14.5. The Morgan fingerprint density at radius 1 is 0.962 bits per heavy atom. The third kappa shape index (κ3) is 9.27. The van der Waals surface area contributed by atoms with E-state index < -0.39 is 11.9 Å². The van der Waals surface area contributed by atoms with E-state index in [1.54, 1.807) is 18.2 Å². The van der Waals surface area contributed by atoms with E-state index in [0.29, 0.717) is 30.1 Å². The molecule has 1 rings (SSSR count). The van der Waals surface area contributed by atoms with Crippen LogP contribution in [0.3, 0.4) is 0 Å². The lowest BCUT2D eigenvalue weighted by atomic mass is 10.1. The van der Waals surface area contributed by atoms with Gasteiger partial charge in [-0.1, -0.05) is 6.07 Å². The van der Waals surface area contributed by atoms with Crippen molar-refractivity contribution in [1.82, 2.24) is 0 Å². The Bertz CT molecular complexity index is 689. The Morgan fingerprint density at radius 3 is 2.27 bits per heavy atom. The monoisotopic (exact) mass is 362 g/mol. The van der Waals surface area contributed by atoms with E-state index in [1.165, 1.54) is 19.1 Å². The van der Waals surface area contributed by atoms with Gasteiger partial charge in [0.1, 0.15) is 5.75 Å². The molecule has 0 aliphatic carbocycles. The average Bonchev–Trinajstić information content (AvgIpc) is 2.57. The number of rotatable bonds is 11. The number of aliphatic carboxylic acids is 2. The molecular weight excluding hydrogens is 340 g/mol. The largest absolute Gasteiger partial charge is 0.493 e. The van der Waals surface area contributed by atoms with Gasteiger partial charge in [-0.05, 0) is 49.1 Å². The third-order valence-corrected chi connectivity index (χ3v) is 3.21. The van der Waals surface area contributed by atoms with Crippen molar-refractivity contribution < 1.29 is 34.1 Å². The highest BCUT2D eigenvalue weighted by molar-refractivity contribution is 5.87. The summed E-state index contributed by atoms with van der Waals surface area (Å²) in [5, 5.41) is 17.5. The van der Waals surface area contributed by atoms with Crippen LogP contribution in [0.1, 0.15) is 37.3 Å². The molecule has 0 radical (unpaired) electrons. The van der Waals surface area contributed by atoms with E-state index >= 15 is 0 Å². The first-order valence-electron chi connectivity index (χ1n) is 8.10. The van der Waals surface area contributed by atoms with Crippen LogP contribution in [0.15, 0.2) is 30.4 Å². The van der Waals surface area contributed by atoms with Crippen LogP contribution in [0, 0.1) is 0 Å². The molecule has 26 heavy (non-hydrogen) atoms. The molecule has 0 saturated carbocycles. The predicted octanol–water partition coefficient (Wildman–Crippen LogP) is 2.99. The topological polar surface area (TPSA) is 110 Å². The Labute approximate surface area is 151 Å². The molecule has 0 aromatic heterocycles. The van der Waals surface area contributed by atoms with E-state index in [1.807, 2.05) is 0 Å². The summed E-state index contributed by atoms with van der Waals surface area (Å²) in [6.45, 7) is 2.18. The zero-order valence-electron chi connectivity index (χ0n) is 14.5. The van der Waals surface area contributed by atoms with Crippen molar-refractivity contribution in [2.45, 2.75) is 26.2 Å². The van der Waals surface area contributed by atoms with Crippen molar-refractivity contribution in [3.05, 3.63) is 41.5 Å². The van der Waals surface area contributed by atoms with Crippen molar-refractivity contribution in [3.63, 3.8) is 0 Å². The van der Waals surface area contributed by atoms with Gasteiger partial charge in [-0.25, -0.2) is 9.59 Å². The van der Waals surface area contributed by atoms with Gasteiger partial charge in [0.2, 0.25) is 0 Å². The highest BCUT2D eigenvalue weighted by atomic mass is 16.5. The summed E-state index contributed by atoms with van der Waals surface area (Å²) in [5.74, 6) is -1.95. The summed E-state index contributed by atoms with van der Waals surface area (Å²) in [5.41, 5.74) is 1.16. The molecule has 0 amide bonds. The molecule has 140 valence electrons. The molecule has 0 bridgehead atoms. The molecule has 0 aliphatic rings. The van der Waals surface area contributed by atoms with E-state index in [-0.39, 0.29) is 5.97 Å². The number of carboxylic acid groups (broad SMARTS) is 2. The number of hydrogen-bond donors (Lipinski definition) is 2. The lowest BCUT2D eigenvalue weighted by Crippen LogP contribution is -2.03. The van der Waals surface area contributed by atoms with Crippen LogP contribution in [0.5, 0.6) is 5.75 Å². The molecule has 0 heterocycles. The summed E-state index contributed by atoms with van der Waals surface area (Å²) < 4.78 is 10.5. The van der Waals surface area contributed by atoms with Crippen molar-refractivity contribution in [1.29, 1.82) is 0 Å². The van der Waals surface area contributed by atoms with Crippen LogP contribution >= 0.6 is 0 Å². The van der Waals surface area contributed by atoms with Crippen LogP contribution < -0.4 is 4.74 Å². The first-order valence-corrected chi connectivity index (χ1v) is 8.10. The summed E-state index contributed by atoms with van der Waals surface area (Å²) >= 11 is 0. The van der Waals surface area contributed by atoms with Gasteiger partial charge in [0.25, 0.3) is 0 Å². The molecule has 1 aromatic carbocycles. The van der Waals surface area contributed by atoms with Crippen molar-refractivity contribution >= 4 is 30.1 Å². The Balaban J connectivity index is 2.65. The second kappa shape index (κ2) is 11.5. The lowest BCUT2D eigenvalue weighted by molar-refractivity contribution is -0.141. The second-order valence-corrected chi connectivity index (χ2v) is 5.39. The molecule has 0 unspecified atom stereocenters. The molecule has 0 aliphatic heterocycles. The van der Waals surface area contributed by atoms with Crippen LogP contribution in [-0.4, -0.2) is 41.3 Å². The Hall–Kier alpha value is -3.09. The SMILES string of the molecule is CC(=O)OCCCCCOc1ccc(/C=C/C(=O)O)cc1/C=C/C(=O)O. The van der Waals surface area contributed by atoms with Gasteiger partial charge in [-0.2, -0.15) is 0 Å². The number of carbonyl (C=O) groups is 3. The van der Waals surface area contributed by atoms with Gasteiger partial charge < -0.3 is 19.7 Å². The molecule has 7 nitrogen and oxygen atoms in total. The maximum atomic E-state index is 10.7. The average molecular weight is 362 g/mol. The maximum Gasteiger partial charge on any atom is 0.328 e. The highest BCUT2D eigenvalue weighted by Gasteiger charge is 2.04. The van der Waals surface area contributed by atoms with E-state index in [0.717, 1.165) is 31.4 Å². The normalized spacial score (nSPS) is 11.0. The fourth-order valence-electron chi connectivity index (χ4n) is 2.04. The molecule has 0 spiro atoms. The summed E-state index contributed by atoms with van der Waals surface area (Å²) in [6.07, 6.45) is 7.13. The quantitative estimate of drug-likeness (QED) is 0.354. The standard InChI is InChI=1S/C19H22O7/c1-14(20)25-11-3-2-4-12-26-17-8-5-15(6-9-18(21)22)13-16(17)7-10-19(23)24/h5-10,13H,2-4,11-12H2,1H3,(H,21,22)(H,23,24)/b9-6+,10-7+. The maximum absolute atomic E-state index is 10.7. The van der Waals surface area contributed by atoms with E-state index in [4.69, 9.17) is 19.7 Å². The minimum absolute atomic E-state index is 0.298. The van der Waals surface area contributed by atoms with Crippen molar-refractivity contribution in [3.8, 4) is 5.75 Å². The number of hydrogen-bond acceptors (Lipinski definition) is 5. The van der Waals surface area contributed by atoms with Gasteiger partial charge in [0.05, 0.1) is 13.2 Å². The zero-order chi connectivity index (χ0) is 19.4. The van der Waals surface area contributed by atoms with Gasteiger partial charge in [0.15, 0.2) is 0 Å². The van der Waals surface area contributed by atoms with Crippen molar-refractivity contribution in [2.24, 2.45) is 0 Å². The molecule has 7 heteroatoms. The number of benzene rings is 1. The fraction of sp³-hybridized carbons (Fsp3) is 0.316. The van der Waals surface area contributed by atoms with Crippen LogP contribution in [0.25, 0.3) is 12.2 Å².